The zero-order chi connectivity index (χ0) is 38.5. The Balaban J connectivity index is 1.69. The number of carbonyl (C=O) groups excluding carboxylic acids is 1. The van der Waals surface area contributed by atoms with Crippen LogP contribution in [0, 0.1) is 12.8 Å². The molecule has 0 aliphatic heterocycles. The van der Waals surface area contributed by atoms with E-state index in [0.717, 1.165) is 31.2 Å². The Morgan fingerprint density at radius 2 is 0.830 bits per heavy atom. The largest absolute Gasteiger partial charge is 0.463 e. The fraction of sp³-hybridized carbons (Fsp3) is 0.811. The summed E-state index contributed by atoms with van der Waals surface area (Å²) >= 11 is 0. The molecule has 0 bridgehead atoms. The molecule has 1 rings (SSSR count). The van der Waals surface area contributed by atoms with Gasteiger partial charge in [-0.15, -0.1) is 0 Å². The van der Waals surface area contributed by atoms with Crippen molar-refractivity contribution in [3.63, 3.8) is 0 Å². The van der Waals surface area contributed by atoms with Gasteiger partial charge < -0.3 is 52.1 Å². The SMILES string of the molecule is CCCCC(CC)C(=O)OCCOCCOCCOCCOCCOCCOCCOCCOCCOCCOCCOS(=O)(=O)c1ccc(C)cc1. The van der Waals surface area contributed by atoms with Crippen LogP contribution in [-0.4, -0.2) is 160 Å². The van der Waals surface area contributed by atoms with Gasteiger partial charge in [-0.3, -0.25) is 8.98 Å². The highest BCUT2D eigenvalue weighted by Crippen LogP contribution is 2.14. The Morgan fingerprint density at radius 3 is 1.15 bits per heavy atom. The maximum atomic E-state index is 12.1. The van der Waals surface area contributed by atoms with Crippen LogP contribution < -0.4 is 0 Å². The van der Waals surface area contributed by atoms with E-state index in [9.17, 15) is 13.2 Å². The Bertz CT molecular complexity index is 1060. The molecular weight excluding hydrogens is 716 g/mol. The van der Waals surface area contributed by atoms with Gasteiger partial charge in [0.25, 0.3) is 10.1 Å². The van der Waals surface area contributed by atoms with Crippen LogP contribution in [-0.2, 0) is 71.2 Å². The summed E-state index contributed by atoms with van der Waals surface area (Å²) in [5.74, 6) is -0.139. The first-order chi connectivity index (χ1) is 25.9. The zero-order valence-corrected chi connectivity index (χ0v) is 33.1. The lowest BCUT2D eigenvalue weighted by atomic mass is 10.00. The first-order valence-corrected chi connectivity index (χ1v) is 20.2. The third-order valence-corrected chi connectivity index (χ3v) is 8.65. The average Bonchev–Trinajstić information content (AvgIpc) is 3.15. The molecule has 1 unspecified atom stereocenters. The van der Waals surface area contributed by atoms with E-state index in [2.05, 4.69) is 6.92 Å². The summed E-state index contributed by atoms with van der Waals surface area (Å²) in [7, 11) is -3.78. The lowest BCUT2D eigenvalue weighted by Crippen LogP contribution is -2.20. The van der Waals surface area contributed by atoms with Gasteiger partial charge in [-0.25, -0.2) is 0 Å². The minimum atomic E-state index is -3.78. The standard InChI is InChI=1S/C37H66O15S/c1-4-6-7-35(5-2)37(38)51-32-30-49-28-26-47-24-22-45-20-18-43-16-14-41-12-13-42-15-17-44-19-21-46-23-25-48-27-29-50-31-33-52-53(39,40)36-10-8-34(3)9-11-36/h8-11,35H,4-7,12-33H2,1-3H3. The lowest BCUT2D eigenvalue weighted by Gasteiger charge is -2.13. The average molecular weight is 783 g/mol. The van der Waals surface area contributed by atoms with E-state index in [-0.39, 0.29) is 36.6 Å². The highest BCUT2D eigenvalue weighted by atomic mass is 32.2. The zero-order valence-electron chi connectivity index (χ0n) is 32.3. The lowest BCUT2D eigenvalue weighted by molar-refractivity contribution is -0.150. The van der Waals surface area contributed by atoms with Crippen LogP contribution >= 0.6 is 0 Å². The molecule has 0 aromatic heterocycles. The van der Waals surface area contributed by atoms with E-state index in [4.69, 9.17) is 56.3 Å². The normalized spacial score (nSPS) is 12.4. The number of ether oxygens (including phenoxy) is 11. The van der Waals surface area contributed by atoms with Gasteiger partial charge in [-0.2, -0.15) is 8.42 Å². The van der Waals surface area contributed by atoms with Gasteiger partial charge in [-0.05, 0) is 31.9 Å². The summed E-state index contributed by atoms with van der Waals surface area (Å²) < 4.78 is 89.0. The topological polar surface area (TPSA) is 162 Å². The molecule has 53 heavy (non-hydrogen) atoms. The van der Waals surface area contributed by atoms with E-state index < -0.39 is 10.1 Å². The molecule has 310 valence electrons. The van der Waals surface area contributed by atoms with Crippen molar-refractivity contribution < 1.29 is 69.5 Å². The molecule has 1 atom stereocenters. The second-order valence-corrected chi connectivity index (χ2v) is 13.2. The second-order valence-electron chi connectivity index (χ2n) is 11.6. The Labute approximate surface area is 317 Å². The number of benzene rings is 1. The number of esters is 1. The predicted molar refractivity (Wildman–Crippen MR) is 197 cm³/mol. The van der Waals surface area contributed by atoms with Crippen LogP contribution in [0.2, 0.25) is 0 Å². The first-order valence-electron chi connectivity index (χ1n) is 18.8. The number of hydrogen-bond acceptors (Lipinski definition) is 15. The second kappa shape index (κ2) is 35.9. The van der Waals surface area contributed by atoms with Gasteiger partial charge in [0.1, 0.15) is 6.61 Å². The molecule has 0 radical (unpaired) electrons. The van der Waals surface area contributed by atoms with E-state index in [1.807, 2.05) is 13.8 Å². The van der Waals surface area contributed by atoms with Crippen LogP contribution in [0.5, 0.6) is 0 Å². The summed E-state index contributed by atoms with van der Waals surface area (Å²) in [6.07, 6.45) is 3.81. The van der Waals surface area contributed by atoms with Gasteiger partial charge in [0, 0.05) is 0 Å². The van der Waals surface area contributed by atoms with Gasteiger partial charge in [0.05, 0.1) is 150 Å². The monoisotopic (exact) mass is 782 g/mol. The van der Waals surface area contributed by atoms with Crippen molar-refractivity contribution >= 4 is 16.1 Å². The molecule has 15 nitrogen and oxygen atoms in total. The number of hydrogen-bond donors (Lipinski definition) is 0. The highest BCUT2D eigenvalue weighted by molar-refractivity contribution is 7.86. The van der Waals surface area contributed by atoms with Gasteiger partial charge in [-0.1, -0.05) is 44.4 Å². The number of aryl methyl sites for hydroxylation is 1. The molecule has 0 N–H and O–H groups in total. The fourth-order valence-corrected chi connectivity index (χ4v) is 5.21. The van der Waals surface area contributed by atoms with Crippen molar-refractivity contribution in [1.29, 1.82) is 0 Å². The fourth-order valence-electron chi connectivity index (χ4n) is 4.32. The van der Waals surface area contributed by atoms with Crippen molar-refractivity contribution in [2.45, 2.75) is 51.3 Å². The molecule has 0 heterocycles. The maximum Gasteiger partial charge on any atom is 0.308 e. The molecular formula is C37H66O15S. The molecule has 0 aliphatic carbocycles. The van der Waals surface area contributed by atoms with Crippen molar-refractivity contribution in [3.05, 3.63) is 29.8 Å². The van der Waals surface area contributed by atoms with E-state index in [1.54, 1.807) is 12.1 Å². The summed E-state index contributed by atoms with van der Waals surface area (Å²) in [5.41, 5.74) is 0.972. The molecule has 0 spiro atoms. The van der Waals surface area contributed by atoms with Gasteiger partial charge in [0.2, 0.25) is 0 Å². The molecule has 1 aromatic carbocycles. The van der Waals surface area contributed by atoms with E-state index in [1.165, 1.54) is 12.1 Å². The Morgan fingerprint density at radius 1 is 0.509 bits per heavy atom. The smallest absolute Gasteiger partial charge is 0.308 e. The van der Waals surface area contributed by atoms with Crippen molar-refractivity contribution in [2.24, 2.45) is 5.92 Å². The third kappa shape index (κ3) is 30.1. The summed E-state index contributed by atoms with van der Waals surface area (Å²) in [6, 6.07) is 6.47. The van der Waals surface area contributed by atoms with Crippen LogP contribution in [0.3, 0.4) is 0 Å². The predicted octanol–water partition coefficient (Wildman–Crippen LogP) is 3.63. The molecule has 0 saturated heterocycles. The van der Waals surface area contributed by atoms with Crippen molar-refractivity contribution in [2.75, 3.05) is 145 Å². The molecule has 0 fully saturated rings. The minimum absolute atomic E-state index is 0.0117. The Kier molecular flexibility index (Phi) is 33.3. The highest BCUT2D eigenvalue weighted by Gasteiger charge is 2.17. The molecule has 0 amide bonds. The summed E-state index contributed by atoms with van der Waals surface area (Å²) in [4.78, 5) is 12.2. The van der Waals surface area contributed by atoms with Crippen LogP contribution in [0.4, 0.5) is 0 Å². The molecule has 0 aliphatic rings. The maximum absolute atomic E-state index is 12.1. The number of unbranched alkanes of at least 4 members (excludes halogenated alkanes) is 1. The molecule has 0 saturated carbocycles. The number of carbonyl (C=O) groups is 1. The summed E-state index contributed by atoms with van der Waals surface area (Å²) in [5, 5.41) is 0. The van der Waals surface area contributed by atoms with E-state index in [0.29, 0.717) is 126 Å². The van der Waals surface area contributed by atoms with Crippen LogP contribution in [0.1, 0.15) is 45.1 Å². The molecule has 1 aromatic rings. The van der Waals surface area contributed by atoms with Gasteiger partial charge >= 0.3 is 5.97 Å². The molecule has 16 heteroatoms. The van der Waals surface area contributed by atoms with Gasteiger partial charge in [0.15, 0.2) is 0 Å². The Hall–Kier alpha value is -1.80. The van der Waals surface area contributed by atoms with Crippen molar-refractivity contribution in [3.8, 4) is 0 Å². The van der Waals surface area contributed by atoms with E-state index >= 15 is 0 Å². The minimum Gasteiger partial charge on any atom is -0.463 e. The number of rotatable bonds is 40. The van der Waals surface area contributed by atoms with Crippen LogP contribution in [0.15, 0.2) is 29.2 Å². The van der Waals surface area contributed by atoms with Crippen molar-refractivity contribution in [1.82, 2.24) is 0 Å². The van der Waals surface area contributed by atoms with Crippen LogP contribution in [0.25, 0.3) is 0 Å². The first kappa shape index (κ1) is 49.2. The summed E-state index contributed by atoms with van der Waals surface area (Å²) in [6.45, 7) is 14.8. The quantitative estimate of drug-likeness (QED) is 0.0539. The third-order valence-electron chi connectivity index (χ3n) is 7.33.